The van der Waals surface area contributed by atoms with Crippen molar-refractivity contribution in [2.24, 2.45) is 0 Å². The van der Waals surface area contributed by atoms with Crippen molar-refractivity contribution in [1.29, 1.82) is 0 Å². The van der Waals surface area contributed by atoms with E-state index < -0.39 is 0 Å². The summed E-state index contributed by atoms with van der Waals surface area (Å²) in [6.45, 7) is 1.64. The largest absolute Gasteiger partial charge is 0.368 e. The molecule has 0 radical (unpaired) electrons. The first-order valence-corrected chi connectivity index (χ1v) is 6.55. The lowest BCUT2D eigenvalue weighted by Gasteiger charge is -2.07. The van der Waals surface area contributed by atoms with E-state index in [2.05, 4.69) is 31.2 Å². The minimum absolute atomic E-state index is 0.306. The van der Waals surface area contributed by atoms with E-state index in [1.807, 2.05) is 10.8 Å². The van der Waals surface area contributed by atoms with E-state index in [9.17, 15) is 4.39 Å². The number of imidazole rings is 1. The molecule has 0 fully saturated rings. The van der Waals surface area contributed by atoms with Crippen LogP contribution in [0.3, 0.4) is 0 Å². The van der Waals surface area contributed by atoms with E-state index in [1.165, 1.54) is 6.07 Å². The fraction of sp³-hybridized carbons (Fsp3) is 0.333. The second kappa shape index (κ2) is 6.49. The van der Waals surface area contributed by atoms with Crippen molar-refractivity contribution < 1.29 is 4.39 Å². The fourth-order valence-electron chi connectivity index (χ4n) is 1.59. The van der Waals surface area contributed by atoms with Crippen LogP contribution in [-0.2, 0) is 6.54 Å². The third-order valence-electron chi connectivity index (χ3n) is 2.50. The van der Waals surface area contributed by atoms with Gasteiger partial charge in [-0.1, -0.05) is 0 Å². The Bertz CT molecular complexity index is 487. The van der Waals surface area contributed by atoms with Crippen molar-refractivity contribution >= 4 is 21.7 Å². The Hall–Kier alpha value is -1.43. The second-order valence-corrected chi connectivity index (χ2v) is 4.83. The number of nitrogens with zero attached hydrogens (tertiary/aromatic N) is 3. The molecule has 0 amide bonds. The average Bonchev–Trinajstić information content (AvgIpc) is 2.84. The maximum atomic E-state index is 13.4. The van der Waals surface area contributed by atoms with E-state index in [0.717, 1.165) is 19.4 Å². The summed E-state index contributed by atoms with van der Waals surface area (Å²) in [7, 11) is 0. The Morgan fingerprint density at radius 1 is 1.39 bits per heavy atom. The van der Waals surface area contributed by atoms with Gasteiger partial charge in [-0.05, 0) is 34.8 Å². The van der Waals surface area contributed by atoms with Crippen LogP contribution in [0.2, 0.25) is 0 Å². The molecular weight excluding hydrogens is 299 g/mol. The summed E-state index contributed by atoms with van der Waals surface area (Å²) in [4.78, 5) is 7.95. The first kappa shape index (κ1) is 13.0. The molecule has 0 aromatic carbocycles. The van der Waals surface area contributed by atoms with Gasteiger partial charge in [0.15, 0.2) is 11.6 Å². The first-order chi connectivity index (χ1) is 8.75. The SMILES string of the molecule is Fc1cc(Br)cnc1NCCCCn1ccnc1. The van der Waals surface area contributed by atoms with Crippen molar-refractivity contribution in [2.75, 3.05) is 11.9 Å². The van der Waals surface area contributed by atoms with Crippen LogP contribution < -0.4 is 5.32 Å². The zero-order valence-electron chi connectivity index (χ0n) is 9.81. The van der Waals surface area contributed by atoms with Crippen LogP contribution in [0.25, 0.3) is 0 Å². The monoisotopic (exact) mass is 312 g/mol. The molecule has 2 aromatic rings. The Labute approximate surface area is 113 Å². The van der Waals surface area contributed by atoms with Gasteiger partial charge in [-0.3, -0.25) is 0 Å². The molecule has 0 unspecified atom stereocenters. The highest BCUT2D eigenvalue weighted by Crippen LogP contribution is 2.15. The van der Waals surface area contributed by atoms with Crippen molar-refractivity contribution in [3.8, 4) is 0 Å². The summed E-state index contributed by atoms with van der Waals surface area (Å²) >= 11 is 3.17. The van der Waals surface area contributed by atoms with Crippen LogP contribution >= 0.6 is 15.9 Å². The van der Waals surface area contributed by atoms with Crippen LogP contribution in [0.15, 0.2) is 35.5 Å². The molecule has 96 valence electrons. The summed E-state index contributed by atoms with van der Waals surface area (Å²) in [5, 5.41) is 2.99. The van der Waals surface area contributed by atoms with Gasteiger partial charge >= 0.3 is 0 Å². The molecular formula is C12H14BrFN4. The lowest BCUT2D eigenvalue weighted by atomic mass is 10.3. The third kappa shape index (κ3) is 3.80. The van der Waals surface area contributed by atoms with Gasteiger partial charge in [0.05, 0.1) is 6.33 Å². The molecule has 0 aliphatic carbocycles. The number of pyridine rings is 1. The molecule has 0 atom stereocenters. The van der Waals surface area contributed by atoms with Crippen molar-refractivity contribution in [2.45, 2.75) is 19.4 Å². The molecule has 2 aromatic heterocycles. The Kier molecular flexibility index (Phi) is 4.69. The number of rotatable bonds is 6. The highest BCUT2D eigenvalue weighted by Gasteiger charge is 2.02. The van der Waals surface area contributed by atoms with Crippen LogP contribution in [0, 0.1) is 5.82 Å². The number of nitrogens with one attached hydrogen (secondary N) is 1. The number of aromatic nitrogens is 3. The minimum Gasteiger partial charge on any atom is -0.368 e. The molecule has 0 aliphatic rings. The molecule has 0 aliphatic heterocycles. The molecule has 0 saturated heterocycles. The molecule has 1 N–H and O–H groups in total. The van der Waals surface area contributed by atoms with Crippen LogP contribution in [0.5, 0.6) is 0 Å². The van der Waals surface area contributed by atoms with Crippen LogP contribution in [0.1, 0.15) is 12.8 Å². The summed E-state index contributed by atoms with van der Waals surface area (Å²) in [6, 6.07) is 1.40. The molecule has 0 spiro atoms. The summed E-state index contributed by atoms with van der Waals surface area (Å²) in [5.41, 5.74) is 0. The third-order valence-corrected chi connectivity index (χ3v) is 2.94. The lowest BCUT2D eigenvalue weighted by molar-refractivity contribution is 0.609. The number of anilines is 1. The Balaban J connectivity index is 1.69. The predicted molar refractivity (Wildman–Crippen MR) is 71.8 cm³/mol. The highest BCUT2D eigenvalue weighted by atomic mass is 79.9. The van der Waals surface area contributed by atoms with Crippen LogP contribution in [-0.4, -0.2) is 21.1 Å². The van der Waals surface area contributed by atoms with E-state index in [0.29, 0.717) is 16.8 Å². The van der Waals surface area contributed by atoms with E-state index in [4.69, 9.17) is 0 Å². The van der Waals surface area contributed by atoms with Gasteiger partial charge in [0.2, 0.25) is 0 Å². The average molecular weight is 313 g/mol. The number of aryl methyl sites for hydroxylation is 1. The predicted octanol–water partition coefficient (Wildman–Crippen LogP) is 3.07. The van der Waals surface area contributed by atoms with Crippen molar-refractivity contribution in [3.05, 3.63) is 41.3 Å². The normalized spacial score (nSPS) is 10.6. The number of unbranched alkanes of at least 4 members (excludes halogenated alkanes) is 1. The molecule has 18 heavy (non-hydrogen) atoms. The van der Waals surface area contributed by atoms with E-state index in [-0.39, 0.29) is 5.82 Å². The smallest absolute Gasteiger partial charge is 0.166 e. The maximum Gasteiger partial charge on any atom is 0.166 e. The van der Waals surface area contributed by atoms with Gasteiger partial charge in [-0.2, -0.15) is 0 Å². The minimum atomic E-state index is -0.334. The first-order valence-electron chi connectivity index (χ1n) is 5.76. The van der Waals surface area contributed by atoms with Gasteiger partial charge in [0, 0.05) is 36.2 Å². The van der Waals surface area contributed by atoms with Gasteiger partial charge in [-0.25, -0.2) is 14.4 Å². The molecule has 6 heteroatoms. The maximum absolute atomic E-state index is 13.4. The number of hydrogen-bond donors (Lipinski definition) is 1. The van der Waals surface area contributed by atoms with Crippen molar-refractivity contribution in [1.82, 2.24) is 14.5 Å². The zero-order chi connectivity index (χ0) is 12.8. The molecule has 4 nitrogen and oxygen atoms in total. The van der Waals surface area contributed by atoms with E-state index >= 15 is 0 Å². The number of hydrogen-bond acceptors (Lipinski definition) is 3. The summed E-state index contributed by atoms with van der Waals surface area (Å²) < 4.78 is 16.1. The zero-order valence-corrected chi connectivity index (χ0v) is 11.4. The lowest BCUT2D eigenvalue weighted by Crippen LogP contribution is -2.06. The topological polar surface area (TPSA) is 42.7 Å². The van der Waals surface area contributed by atoms with Gasteiger partial charge < -0.3 is 9.88 Å². The number of halogens is 2. The van der Waals surface area contributed by atoms with E-state index in [1.54, 1.807) is 18.7 Å². The molecule has 0 bridgehead atoms. The Morgan fingerprint density at radius 2 is 2.28 bits per heavy atom. The van der Waals surface area contributed by atoms with Gasteiger partial charge in [0.25, 0.3) is 0 Å². The van der Waals surface area contributed by atoms with Gasteiger partial charge in [0.1, 0.15) is 0 Å². The molecule has 2 rings (SSSR count). The summed E-state index contributed by atoms with van der Waals surface area (Å²) in [6.07, 6.45) is 9.04. The highest BCUT2D eigenvalue weighted by molar-refractivity contribution is 9.10. The van der Waals surface area contributed by atoms with Gasteiger partial charge in [-0.15, -0.1) is 0 Å². The standard InChI is InChI=1S/C12H14BrFN4/c13-10-7-11(14)12(17-8-10)16-3-1-2-5-18-6-4-15-9-18/h4,6-9H,1-3,5H2,(H,16,17). The van der Waals surface area contributed by atoms with Crippen LogP contribution in [0.4, 0.5) is 10.2 Å². The second-order valence-electron chi connectivity index (χ2n) is 3.92. The molecule has 2 heterocycles. The Morgan fingerprint density at radius 3 is 3.00 bits per heavy atom. The summed E-state index contributed by atoms with van der Waals surface area (Å²) in [5.74, 6) is -0.0279. The molecule has 0 saturated carbocycles. The fourth-order valence-corrected chi connectivity index (χ4v) is 1.89. The quantitative estimate of drug-likeness (QED) is 0.834. The van der Waals surface area contributed by atoms with Crippen molar-refractivity contribution in [3.63, 3.8) is 0 Å².